The first kappa shape index (κ1) is 22.1. The van der Waals surface area contributed by atoms with Gasteiger partial charge in [-0.15, -0.1) is 11.3 Å². The third kappa shape index (κ3) is 4.59. The number of benzene rings is 2. The Morgan fingerprint density at radius 1 is 1.10 bits per heavy atom. The first-order valence-corrected chi connectivity index (χ1v) is 12.9. The minimum atomic E-state index is -3.53. The van der Waals surface area contributed by atoms with Crippen molar-refractivity contribution in [1.29, 1.82) is 0 Å². The van der Waals surface area contributed by atoms with Crippen molar-refractivity contribution in [2.75, 3.05) is 25.1 Å². The second kappa shape index (κ2) is 8.81. The van der Waals surface area contributed by atoms with Crippen LogP contribution in [0.25, 0.3) is 11.3 Å². The van der Waals surface area contributed by atoms with Crippen LogP contribution in [0.4, 0.5) is 5.13 Å². The molecule has 0 unspecified atom stereocenters. The predicted octanol–water partition coefficient (Wildman–Crippen LogP) is 5.53. The molecule has 2 aromatic carbocycles. The number of aromatic nitrogens is 1. The van der Waals surface area contributed by atoms with E-state index in [2.05, 4.69) is 42.3 Å². The Hall–Kier alpha value is -2.09. The molecule has 31 heavy (non-hydrogen) atoms. The molecule has 0 spiro atoms. The van der Waals surface area contributed by atoms with Crippen molar-refractivity contribution in [3.05, 3.63) is 57.9 Å². The van der Waals surface area contributed by atoms with Crippen LogP contribution in [0.15, 0.2) is 46.7 Å². The summed E-state index contributed by atoms with van der Waals surface area (Å²) in [7, 11) is -2.06. The predicted molar refractivity (Wildman–Crippen MR) is 127 cm³/mol. The molecule has 1 aliphatic heterocycles. The maximum Gasteiger partial charge on any atom is 0.185 e. The molecule has 2 heterocycles. The van der Waals surface area contributed by atoms with E-state index in [1.807, 2.05) is 0 Å². The van der Waals surface area contributed by atoms with Gasteiger partial charge in [0.05, 0.1) is 18.1 Å². The first-order chi connectivity index (χ1) is 14.8. The highest BCUT2D eigenvalue weighted by molar-refractivity contribution is 7.92. The van der Waals surface area contributed by atoms with Crippen LogP contribution in [-0.2, 0) is 9.84 Å². The Morgan fingerprint density at radius 3 is 2.42 bits per heavy atom. The van der Waals surface area contributed by atoms with Crippen molar-refractivity contribution < 1.29 is 13.2 Å². The maximum atomic E-state index is 13.2. The molecule has 0 aliphatic carbocycles. The summed E-state index contributed by atoms with van der Waals surface area (Å²) in [5.41, 5.74) is 4.51. The van der Waals surface area contributed by atoms with Gasteiger partial charge in [-0.1, -0.05) is 28.8 Å². The molecular formula is C23H25ClN2O3S2. The van der Waals surface area contributed by atoms with Gasteiger partial charge in [-0.3, -0.25) is 0 Å². The lowest BCUT2D eigenvalue weighted by Gasteiger charge is -2.31. The summed E-state index contributed by atoms with van der Waals surface area (Å²) in [4.78, 5) is 7.18. The van der Waals surface area contributed by atoms with Crippen LogP contribution in [0.1, 0.15) is 24.0 Å². The second-order valence-electron chi connectivity index (χ2n) is 7.92. The van der Waals surface area contributed by atoms with Crippen LogP contribution in [-0.4, -0.2) is 38.9 Å². The van der Waals surface area contributed by atoms with Gasteiger partial charge in [0.2, 0.25) is 0 Å². The number of nitrogens with zero attached hydrogens (tertiary/aromatic N) is 2. The topological polar surface area (TPSA) is 59.5 Å². The van der Waals surface area contributed by atoms with Crippen LogP contribution in [0.2, 0.25) is 5.02 Å². The van der Waals surface area contributed by atoms with Crippen LogP contribution in [0, 0.1) is 13.8 Å². The third-order valence-electron chi connectivity index (χ3n) is 5.59. The Morgan fingerprint density at radius 2 is 1.77 bits per heavy atom. The molecule has 164 valence electrons. The fraction of sp³-hybridized carbons (Fsp3) is 0.348. The van der Waals surface area contributed by atoms with Crippen LogP contribution in [0.5, 0.6) is 5.75 Å². The largest absolute Gasteiger partial charge is 0.495 e. The monoisotopic (exact) mass is 476 g/mol. The van der Waals surface area contributed by atoms with E-state index in [-0.39, 0.29) is 4.90 Å². The summed E-state index contributed by atoms with van der Waals surface area (Å²) in [5.74, 6) is 0.338. The highest BCUT2D eigenvalue weighted by atomic mass is 35.5. The summed E-state index contributed by atoms with van der Waals surface area (Å²) >= 11 is 7.66. The molecular weight excluding hydrogens is 452 g/mol. The van der Waals surface area contributed by atoms with Crippen LogP contribution in [0.3, 0.4) is 0 Å². The average Bonchev–Trinajstić information content (AvgIpc) is 3.23. The van der Waals surface area contributed by atoms with Gasteiger partial charge >= 0.3 is 0 Å². The molecule has 0 amide bonds. The standard InChI is InChI=1S/C23H25ClN2O3S2/c1-15-10-16(2)12-17(11-15)20-14-30-23(25-20)26-8-6-19(7-9-26)31(27,28)22-13-18(24)4-5-21(22)29-3/h4-5,10-14,19H,6-9H2,1-3H3. The van der Waals surface area contributed by atoms with E-state index in [9.17, 15) is 8.42 Å². The number of halogens is 1. The molecule has 3 aromatic rings. The van der Waals surface area contributed by atoms with Gasteiger partial charge in [-0.05, 0) is 57.0 Å². The van der Waals surface area contributed by atoms with Crippen LogP contribution < -0.4 is 9.64 Å². The van der Waals surface area contributed by atoms with Gasteiger partial charge < -0.3 is 9.64 Å². The smallest absolute Gasteiger partial charge is 0.185 e. The molecule has 1 saturated heterocycles. The lowest BCUT2D eigenvalue weighted by Crippen LogP contribution is -2.39. The second-order valence-corrected chi connectivity index (χ2v) is 11.4. The molecule has 0 atom stereocenters. The van der Waals surface area contributed by atoms with Gasteiger partial charge in [0.15, 0.2) is 15.0 Å². The fourth-order valence-corrected chi connectivity index (χ4v) is 7.11. The zero-order valence-electron chi connectivity index (χ0n) is 17.8. The number of hydrogen-bond donors (Lipinski definition) is 0. The fourth-order valence-electron chi connectivity index (χ4n) is 4.07. The van der Waals surface area contributed by atoms with Crippen molar-refractivity contribution in [3.63, 3.8) is 0 Å². The highest BCUT2D eigenvalue weighted by Gasteiger charge is 2.34. The van der Waals surface area contributed by atoms with Crippen molar-refractivity contribution in [2.24, 2.45) is 0 Å². The summed E-state index contributed by atoms with van der Waals surface area (Å²) in [6.07, 6.45) is 1.08. The molecule has 1 aliphatic rings. The molecule has 0 radical (unpaired) electrons. The van der Waals surface area contributed by atoms with Crippen molar-refractivity contribution >= 4 is 37.9 Å². The number of rotatable bonds is 5. The molecule has 8 heteroatoms. The van der Waals surface area contributed by atoms with Gasteiger partial charge in [-0.2, -0.15) is 0 Å². The number of anilines is 1. The molecule has 0 N–H and O–H groups in total. The van der Waals surface area contributed by atoms with Gasteiger partial charge in [0, 0.05) is 29.1 Å². The third-order valence-corrected chi connectivity index (χ3v) is 9.01. The number of sulfone groups is 1. The number of ether oxygens (including phenoxy) is 1. The Kier molecular flexibility index (Phi) is 6.28. The quantitative estimate of drug-likeness (QED) is 0.484. The number of piperidine rings is 1. The summed E-state index contributed by atoms with van der Waals surface area (Å²) in [6.45, 7) is 5.47. The van der Waals surface area contributed by atoms with E-state index in [1.54, 1.807) is 23.5 Å². The first-order valence-electron chi connectivity index (χ1n) is 10.1. The van der Waals surface area contributed by atoms with Crippen LogP contribution >= 0.6 is 22.9 Å². The van der Waals surface area contributed by atoms with Gasteiger partial charge in [0.25, 0.3) is 0 Å². The minimum absolute atomic E-state index is 0.173. The average molecular weight is 477 g/mol. The Balaban J connectivity index is 1.49. The van der Waals surface area contributed by atoms with E-state index in [1.165, 1.54) is 24.3 Å². The Bertz CT molecular complexity index is 1180. The lowest BCUT2D eigenvalue weighted by molar-refractivity contribution is 0.402. The van der Waals surface area contributed by atoms with E-state index >= 15 is 0 Å². The molecule has 1 aromatic heterocycles. The highest BCUT2D eigenvalue weighted by Crippen LogP contribution is 2.35. The van der Waals surface area contributed by atoms with E-state index in [4.69, 9.17) is 21.3 Å². The minimum Gasteiger partial charge on any atom is -0.495 e. The molecule has 4 rings (SSSR count). The van der Waals surface area contributed by atoms with Crippen molar-refractivity contribution in [3.8, 4) is 17.0 Å². The summed E-state index contributed by atoms with van der Waals surface area (Å²) in [5, 5.41) is 2.93. The molecule has 0 saturated carbocycles. The zero-order chi connectivity index (χ0) is 22.2. The molecule has 5 nitrogen and oxygen atoms in total. The van der Waals surface area contributed by atoms with Crippen molar-refractivity contribution in [2.45, 2.75) is 36.8 Å². The van der Waals surface area contributed by atoms with Gasteiger partial charge in [0.1, 0.15) is 10.6 Å². The van der Waals surface area contributed by atoms with Crippen molar-refractivity contribution in [1.82, 2.24) is 4.98 Å². The Labute approximate surface area is 192 Å². The summed E-state index contributed by atoms with van der Waals surface area (Å²) in [6, 6.07) is 11.2. The van der Waals surface area contributed by atoms with E-state index < -0.39 is 15.1 Å². The number of methoxy groups -OCH3 is 1. The number of hydrogen-bond acceptors (Lipinski definition) is 6. The molecule has 1 fully saturated rings. The maximum absolute atomic E-state index is 13.2. The lowest BCUT2D eigenvalue weighted by atomic mass is 10.1. The van der Waals surface area contributed by atoms with E-state index in [0.29, 0.717) is 36.7 Å². The van der Waals surface area contributed by atoms with Gasteiger partial charge in [-0.25, -0.2) is 13.4 Å². The summed E-state index contributed by atoms with van der Waals surface area (Å²) < 4.78 is 31.8. The number of aryl methyl sites for hydroxylation is 2. The zero-order valence-corrected chi connectivity index (χ0v) is 20.1. The molecule has 0 bridgehead atoms. The normalized spacial score (nSPS) is 15.3. The SMILES string of the molecule is COc1ccc(Cl)cc1S(=O)(=O)C1CCN(c2nc(-c3cc(C)cc(C)c3)cs2)CC1. The number of thiazole rings is 1. The van der Waals surface area contributed by atoms with E-state index in [0.717, 1.165) is 16.4 Å².